The maximum Gasteiger partial charge on any atom is 0.412 e. The third-order valence-electron chi connectivity index (χ3n) is 2.35. The first-order valence-electron chi connectivity index (χ1n) is 6.17. The number of nitrogens with zero attached hydrogens (tertiary/aromatic N) is 1. The normalized spacial score (nSPS) is 11.5. The Labute approximate surface area is 114 Å². The van der Waals surface area contributed by atoms with Gasteiger partial charge < -0.3 is 9.94 Å². The summed E-state index contributed by atoms with van der Waals surface area (Å²) < 4.78 is 5.21. The third-order valence-corrected chi connectivity index (χ3v) is 2.35. The van der Waals surface area contributed by atoms with Gasteiger partial charge in [0.15, 0.2) is 0 Å². The lowest BCUT2D eigenvalue weighted by molar-refractivity contribution is -0.0731. The fourth-order valence-corrected chi connectivity index (χ4v) is 1.58. The van der Waals surface area contributed by atoms with Gasteiger partial charge in [-0.1, -0.05) is 12.1 Å². The van der Waals surface area contributed by atoms with E-state index in [0.29, 0.717) is 12.2 Å². The van der Waals surface area contributed by atoms with Crippen molar-refractivity contribution in [2.24, 2.45) is 0 Å². The Hall–Kier alpha value is -1.59. The summed E-state index contributed by atoms with van der Waals surface area (Å²) in [7, 11) is 1.57. The molecular formula is C14H22N2O3. The molecule has 1 aromatic carbocycles. The minimum Gasteiger partial charge on any atom is -0.444 e. The lowest BCUT2D eigenvalue weighted by atomic mass is 10.1. The Balaban J connectivity index is 2.79. The van der Waals surface area contributed by atoms with E-state index in [9.17, 15) is 10.0 Å². The van der Waals surface area contributed by atoms with E-state index < -0.39 is 11.7 Å². The quantitative estimate of drug-likeness (QED) is 0.825. The topological polar surface area (TPSA) is 61.8 Å². The molecule has 0 aliphatic rings. The Bertz CT molecular complexity index is 450. The number of hydroxylamine groups is 2. The lowest BCUT2D eigenvalue weighted by Gasteiger charge is -2.20. The zero-order valence-corrected chi connectivity index (χ0v) is 12.2. The van der Waals surface area contributed by atoms with Crippen molar-refractivity contribution >= 4 is 11.8 Å². The molecule has 0 bridgehead atoms. The van der Waals surface area contributed by atoms with Gasteiger partial charge in [-0.3, -0.25) is 5.32 Å². The molecule has 0 atom stereocenters. The van der Waals surface area contributed by atoms with Gasteiger partial charge in [0.25, 0.3) is 0 Å². The van der Waals surface area contributed by atoms with E-state index in [-0.39, 0.29) is 0 Å². The molecule has 5 nitrogen and oxygen atoms in total. The predicted octanol–water partition coefficient (Wildman–Crippen LogP) is 3.16. The van der Waals surface area contributed by atoms with Crippen molar-refractivity contribution in [1.82, 2.24) is 5.06 Å². The highest BCUT2D eigenvalue weighted by molar-refractivity contribution is 5.86. The summed E-state index contributed by atoms with van der Waals surface area (Å²) in [5, 5.41) is 13.0. The van der Waals surface area contributed by atoms with Crippen LogP contribution in [0.25, 0.3) is 0 Å². The van der Waals surface area contributed by atoms with E-state index in [1.54, 1.807) is 7.05 Å². The maximum absolute atomic E-state index is 11.7. The summed E-state index contributed by atoms with van der Waals surface area (Å²) in [6.07, 6.45) is -0.481. The Kier molecular flexibility index (Phi) is 4.91. The number of aryl methyl sites for hydroxylation is 1. The largest absolute Gasteiger partial charge is 0.444 e. The molecule has 2 N–H and O–H groups in total. The molecule has 0 aliphatic carbocycles. The number of carbonyl (C=O) groups excluding carboxylic acids is 1. The van der Waals surface area contributed by atoms with Crippen LogP contribution in [0.2, 0.25) is 0 Å². The van der Waals surface area contributed by atoms with Crippen molar-refractivity contribution in [2.75, 3.05) is 12.4 Å². The molecule has 1 amide bonds. The molecule has 0 spiro atoms. The van der Waals surface area contributed by atoms with Crippen LogP contribution in [-0.2, 0) is 11.3 Å². The Morgan fingerprint density at radius 3 is 2.58 bits per heavy atom. The van der Waals surface area contributed by atoms with Crippen LogP contribution in [0.5, 0.6) is 0 Å². The highest BCUT2D eigenvalue weighted by Gasteiger charge is 2.16. The van der Waals surface area contributed by atoms with E-state index in [0.717, 1.165) is 16.2 Å². The number of hydrogen-bond acceptors (Lipinski definition) is 4. The van der Waals surface area contributed by atoms with E-state index >= 15 is 0 Å². The summed E-state index contributed by atoms with van der Waals surface area (Å²) in [4.78, 5) is 11.7. The summed E-state index contributed by atoms with van der Waals surface area (Å²) in [5.41, 5.74) is 2.01. The molecule has 0 unspecified atom stereocenters. The molecule has 0 saturated carbocycles. The van der Waals surface area contributed by atoms with Gasteiger partial charge in [0.1, 0.15) is 5.60 Å². The van der Waals surface area contributed by atoms with Gasteiger partial charge in [-0.25, -0.2) is 4.79 Å². The SMILES string of the molecule is Cc1ccc(CN(C)O)cc1NC(=O)OC(C)(C)C. The second kappa shape index (κ2) is 6.04. The fraction of sp³-hybridized carbons (Fsp3) is 0.500. The third kappa shape index (κ3) is 5.72. The van der Waals surface area contributed by atoms with Gasteiger partial charge >= 0.3 is 6.09 Å². The van der Waals surface area contributed by atoms with Gasteiger partial charge in [-0.2, -0.15) is 5.06 Å². The molecule has 19 heavy (non-hydrogen) atoms. The molecule has 0 saturated heterocycles. The van der Waals surface area contributed by atoms with Crippen molar-refractivity contribution in [2.45, 2.75) is 39.8 Å². The zero-order valence-electron chi connectivity index (χ0n) is 12.2. The zero-order chi connectivity index (χ0) is 14.6. The summed E-state index contributed by atoms with van der Waals surface area (Å²) in [6.45, 7) is 7.74. The van der Waals surface area contributed by atoms with Crippen LogP contribution < -0.4 is 5.32 Å². The average molecular weight is 266 g/mol. The van der Waals surface area contributed by atoms with Crippen molar-refractivity contribution < 1.29 is 14.7 Å². The number of carbonyl (C=O) groups is 1. The summed E-state index contributed by atoms with van der Waals surface area (Å²) in [5.74, 6) is 0. The van der Waals surface area contributed by atoms with Crippen LogP contribution in [0.4, 0.5) is 10.5 Å². The van der Waals surface area contributed by atoms with E-state index in [1.165, 1.54) is 0 Å². The summed E-state index contributed by atoms with van der Waals surface area (Å²) >= 11 is 0. The number of hydrogen-bond donors (Lipinski definition) is 2. The van der Waals surface area contributed by atoms with E-state index in [1.807, 2.05) is 45.9 Å². The highest BCUT2D eigenvalue weighted by Crippen LogP contribution is 2.19. The minimum atomic E-state index is -0.527. The smallest absolute Gasteiger partial charge is 0.412 e. The van der Waals surface area contributed by atoms with Gasteiger partial charge in [-0.05, 0) is 44.9 Å². The Morgan fingerprint density at radius 1 is 1.42 bits per heavy atom. The second-order valence-electron chi connectivity index (χ2n) is 5.59. The first-order valence-corrected chi connectivity index (χ1v) is 6.17. The molecule has 1 aromatic rings. The second-order valence-corrected chi connectivity index (χ2v) is 5.59. The van der Waals surface area contributed by atoms with E-state index in [4.69, 9.17) is 4.74 Å². The molecule has 0 radical (unpaired) electrons. The van der Waals surface area contributed by atoms with Crippen molar-refractivity contribution in [3.8, 4) is 0 Å². The Morgan fingerprint density at radius 2 is 2.05 bits per heavy atom. The number of nitrogens with one attached hydrogen (secondary N) is 1. The van der Waals surface area contributed by atoms with Gasteiger partial charge in [0.2, 0.25) is 0 Å². The number of amides is 1. The molecule has 0 aliphatic heterocycles. The molecule has 0 aromatic heterocycles. The van der Waals surface area contributed by atoms with E-state index in [2.05, 4.69) is 5.32 Å². The standard InChI is InChI=1S/C14H22N2O3/c1-10-6-7-11(9-16(5)18)8-12(10)15-13(17)19-14(2,3)4/h6-8,18H,9H2,1-5H3,(H,15,17). The van der Waals surface area contributed by atoms with Crippen molar-refractivity contribution in [3.63, 3.8) is 0 Å². The maximum atomic E-state index is 11.7. The molecule has 0 heterocycles. The van der Waals surface area contributed by atoms with Crippen LogP contribution in [-0.4, -0.2) is 29.0 Å². The molecule has 1 rings (SSSR count). The molecule has 106 valence electrons. The molecule has 5 heteroatoms. The van der Waals surface area contributed by atoms with Crippen LogP contribution in [0.15, 0.2) is 18.2 Å². The molecular weight excluding hydrogens is 244 g/mol. The van der Waals surface area contributed by atoms with Crippen molar-refractivity contribution in [3.05, 3.63) is 29.3 Å². The van der Waals surface area contributed by atoms with Gasteiger partial charge in [0, 0.05) is 19.3 Å². The molecule has 0 fully saturated rings. The van der Waals surface area contributed by atoms with Crippen LogP contribution in [0.3, 0.4) is 0 Å². The first-order chi connectivity index (χ1) is 8.67. The van der Waals surface area contributed by atoms with Gasteiger partial charge in [-0.15, -0.1) is 0 Å². The lowest BCUT2D eigenvalue weighted by Crippen LogP contribution is -2.27. The first kappa shape index (κ1) is 15.5. The van der Waals surface area contributed by atoms with Crippen LogP contribution >= 0.6 is 0 Å². The monoisotopic (exact) mass is 266 g/mol. The van der Waals surface area contributed by atoms with Crippen LogP contribution in [0.1, 0.15) is 31.9 Å². The van der Waals surface area contributed by atoms with Crippen LogP contribution in [0, 0.1) is 6.92 Å². The van der Waals surface area contributed by atoms with Gasteiger partial charge in [0.05, 0.1) is 0 Å². The summed E-state index contributed by atoms with van der Waals surface area (Å²) in [6, 6.07) is 5.62. The van der Waals surface area contributed by atoms with Crippen molar-refractivity contribution in [1.29, 1.82) is 0 Å². The number of benzene rings is 1. The fourth-order valence-electron chi connectivity index (χ4n) is 1.58. The number of anilines is 1. The highest BCUT2D eigenvalue weighted by atomic mass is 16.6. The number of rotatable bonds is 3. The number of ether oxygens (including phenoxy) is 1. The minimum absolute atomic E-state index is 0.392. The predicted molar refractivity (Wildman–Crippen MR) is 74.3 cm³/mol. The average Bonchev–Trinajstić information content (AvgIpc) is 2.19.